The first kappa shape index (κ1) is 18.1. The number of methoxy groups -OCH3 is 1. The van der Waals surface area contributed by atoms with E-state index in [1.807, 2.05) is 19.9 Å². The fourth-order valence-corrected chi connectivity index (χ4v) is 3.27. The topological polar surface area (TPSA) is 78.1 Å². The summed E-state index contributed by atoms with van der Waals surface area (Å²) in [5.41, 5.74) is 1.05. The number of aromatic nitrogens is 2. The lowest BCUT2D eigenvalue weighted by Crippen LogP contribution is -2.33. The molecule has 0 spiro atoms. The third-order valence-electron chi connectivity index (χ3n) is 4.14. The maximum atomic E-state index is 11.8. The summed E-state index contributed by atoms with van der Waals surface area (Å²) in [5.74, 6) is 0.682. The Hall–Kier alpha value is -1.24. The Bertz CT molecular complexity index is 737. The number of rotatable bonds is 6. The van der Waals surface area contributed by atoms with E-state index in [4.69, 9.17) is 21.5 Å². The first-order valence-corrected chi connectivity index (χ1v) is 9.03. The molecule has 23 heavy (non-hydrogen) atoms. The molecule has 0 saturated heterocycles. The third-order valence-corrected chi connectivity index (χ3v) is 5.60. The van der Waals surface area contributed by atoms with Gasteiger partial charge in [-0.15, -0.1) is 0 Å². The van der Waals surface area contributed by atoms with Crippen molar-refractivity contribution in [2.24, 2.45) is 5.14 Å². The van der Waals surface area contributed by atoms with Crippen LogP contribution in [-0.2, 0) is 11.0 Å². The van der Waals surface area contributed by atoms with E-state index < -0.39 is 15.7 Å². The molecule has 0 bridgehead atoms. The highest BCUT2D eigenvalue weighted by Crippen LogP contribution is 2.37. The van der Waals surface area contributed by atoms with Crippen LogP contribution in [0.25, 0.3) is 10.8 Å². The van der Waals surface area contributed by atoms with Crippen molar-refractivity contribution in [1.29, 1.82) is 0 Å². The molecule has 1 unspecified atom stereocenters. The molecule has 0 saturated carbocycles. The minimum Gasteiger partial charge on any atom is -0.481 e. The third kappa shape index (κ3) is 3.82. The van der Waals surface area contributed by atoms with E-state index in [0.29, 0.717) is 17.5 Å². The lowest BCUT2D eigenvalue weighted by molar-refractivity contribution is 0.402. The molecule has 0 aliphatic rings. The van der Waals surface area contributed by atoms with Gasteiger partial charge in [-0.25, -0.2) is 14.2 Å². The van der Waals surface area contributed by atoms with Gasteiger partial charge in [-0.1, -0.05) is 18.5 Å². The average Bonchev–Trinajstić information content (AvgIpc) is 2.51. The van der Waals surface area contributed by atoms with Crippen LogP contribution in [0.1, 0.15) is 45.1 Å². The van der Waals surface area contributed by atoms with E-state index in [2.05, 4.69) is 16.9 Å². The van der Waals surface area contributed by atoms with Crippen molar-refractivity contribution >= 4 is 33.4 Å². The molecule has 2 rings (SSSR count). The number of ether oxygens (including phenoxy) is 1. The van der Waals surface area contributed by atoms with Gasteiger partial charge < -0.3 is 4.74 Å². The molecule has 126 valence electrons. The van der Waals surface area contributed by atoms with Crippen LogP contribution >= 0.6 is 11.6 Å². The first-order chi connectivity index (χ1) is 10.8. The van der Waals surface area contributed by atoms with Crippen LogP contribution in [0.4, 0.5) is 0 Å². The number of nitrogens with two attached hydrogens (primary N) is 1. The predicted molar refractivity (Wildman–Crippen MR) is 95.2 cm³/mol. The number of hydrogen-bond acceptors (Lipinski definition) is 4. The van der Waals surface area contributed by atoms with Gasteiger partial charge in [0.05, 0.1) is 28.2 Å². The fourth-order valence-electron chi connectivity index (χ4n) is 2.74. The molecule has 0 amide bonds. The van der Waals surface area contributed by atoms with Crippen LogP contribution in [0.5, 0.6) is 5.88 Å². The zero-order valence-electron chi connectivity index (χ0n) is 13.8. The Morgan fingerprint density at radius 1 is 1.35 bits per heavy atom. The Labute approximate surface area is 144 Å². The monoisotopic (exact) mass is 355 g/mol. The summed E-state index contributed by atoms with van der Waals surface area (Å²) in [6.45, 7) is 5.93. The summed E-state index contributed by atoms with van der Waals surface area (Å²) >= 11 is 6.08. The average molecular weight is 356 g/mol. The molecule has 0 fully saturated rings. The van der Waals surface area contributed by atoms with Crippen LogP contribution in [0.3, 0.4) is 0 Å². The molecule has 2 atom stereocenters. The van der Waals surface area contributed by atoms with E-state index in [1.54, 1.807) is 19.5 Å². The number of nitrogens with zero attached hydrogens (tertiary/aromatic N) is 2. The fraction of sp³-hybridized carbons (Fsp3) is 0.500. The van der Waals surface area contributed by atoms with Gasteiger partial charge in [0, 0.05) is 12.4 Å². The summed E-state index contributed by atoms with van der Waals surface area (Å²) in [5, 5.41) is 7.84. The van der Waals surface area contributed by atoms with Crippen LogP contribution in [0, 0.1) is 0 Å². The van der Waals surface area contributed by atoms with Gasteiger partial charge in [0.25, 0.3) is 0 Å². The van der Waals surface area contributed by atoms with Gasteiger partial charge in [-0.2, -0.15) is 0 Å². The van der Waals surface area contributed by atoms with Gasteiger partial charge in [0.1, 0.15) is 5.15 Å². The molecule has 2 aromatic rings. The summed E-state index contributed by atoms with van der Waals surface area (Å²) in [4.78, 5) is 8.51. The molecule has 2 heterocycles. The maximum absolute atomic E-state index is 11.8. The quantitative estimate of drug-likeness (QED) is 0.803. The largest absolute Gasteiger partial charge is 0.481 e. The number of halogens is 1. The minimum atomic E-state index is -1.40. The lowest BCUT2D eigenvalue weighted by atomic mass is 9.86. The Morgan fingerprint density at radius 2 is 2.04 bits per heavy atom. The van der Waals surface area contributed by atoms with Crippen molar-refractivity contribution in [3.8, 4) is 5.88 Å². The zero-order valence-corrected chi connectivity index (χ0v) is 15.4. The maximum Gasteiger partial charge on any atom is 0.222 e. The smallest absolute Gasteiger partial charge is 0.222 e. The highest BCUT2D eigenvalue weighted by atomic mass is 35.5. The zero-order chi connectivity index (χ0) is 17.2. The number of pyridine rings is 2. The lowest BCUT2D eigenvalue weighted by Gasteiger charge is -2.27. The van der Waals surface area contributed by atoms with Gasteiger partial charge in [0.15, 0.2) is 0 Å². The standard InChI is InChI=1S/C16H22ClN3O2S/c1-5-10(7-16(2,3)23(18)21)12-8-20-15(22-4)13-9-19-14(17)6-11(12)13/h6,8-10H,5,7,18H2,1-4H3/t10-,23?/m0/s1. The molecule has 5 nitrogen and oxygen atoms in total. The van der Waals surface area contributed by atoms with E-state index in [0.717, 1.165) is 22.8 Å². The second kappa shape index (κ2) is 7.11. The summed E-state index contributed by atoms with van der Waals surface area (Å²) < 4.78 is 16.6. The van der Waals surface area contributed by atoms with Crippen molar-refractivity contribution in [2.45, 2.75) is 44.3 Å². The summed E-state index contributed by atoms with van der Waals surface area (Å²) in [6.07, 6.45) is 5.05. The van der Waals surface area contributed by atoms with Crippen molar-refractivity contribution in [3.63, 3.8) is 0 Å². The van der Waals surface area contributed by atoms with Crippen molar-refractivity contribution in [3.05, 3.63) is 29.2 Å². The van der Waals surface area contributed by atoms with E-state index in [-0.39, 0.29) is 5.92 Å². The molecule has 2 N–H and O–H groups in total. The summed E-state index contributed by atoms with van der Waals surface area (Å²) in [6, 6.07) is 1.82. The van der Waals surface area contributed by atoms with Gasteiger partial charge >= 0.3 is 0 Å². The van der Waals surface area contributed by atoms with Gasteiger partial charge in [-0.3, -0.25) is 5.14 Å². The SMILES string of the molecule is CC[C@@H](CC(C)(C)S(N)=O)c1cnc(OC)c2cnc(Cl)cc12. The van der Waals surface area contributed by atoms with Crippen molar-refractivity contribution in [2.75, 3.05) is 7.11 Å². The molecule has 0 aromatic carbocycles. The normalized spacial score (nSPS) is 14.7. The number of hydrogen-bond donors (Lipinski definition) is 1. The van der Waals surface area contributed by atoms with Crippen LogP contribution < -0.4 is 9.88 Å². The minimum absolute atomic E-state index is 0.164. The molecular weight excluding hydrogens is 334 g/mol. The second-order valence-corrected chi connectivity index (χ2v) is 8.23. The van der Waals surface area contributed by atoms with Crippen molar-refractivity contribution in [1.82, 2.24) is 9.97 Å². The highest BCUT2D eigenvalue weighted by molar-refractivity contribution is 7.84. The Balaban J connectivity index is 2.57. The van der Waals surface area contributed by atoms with Crippen LogP contribution in [-0.4, -0.2) is 26.0 Å². The first-order valence-electron chi connectivity index (χ1n) is 7.44. The van der Waals surface area contributed by atoms with Gasteiger partial charge in [0.2, 0.25) is 5.88 Å². The van der Waals surface area contributed by atoms with E-state index in [9.17, 15) is 4.21 Å². The van der Waals surface area contributed by atoms with Crippen molar-refractivity contribution < 1.29 is 8.95 Å². The molecule has 7 heteroatoms. The Kier molecular flexibility index (Phi) is 5.60. The molecule has 2 aromatic heterocycles. The predicted octanol–water partition coefficient (Wildman–Crippen LogP) is 3.58. The summed E-state index contributed by atoms with van der Waals surface area (Å²) in [7, 11) is 0.178. The van der Waals surface area contributed by atoms with Crippen LogP contribution in [0.2, 0.25) is 5.15 Å². The molecule has 0 aliphatic heterocycles. The highest BCUT2D eigenvalue weighted by Gasteiger charge is 2.29. The molecular formula is C16H22ClN3O2S. The van der Waals surface area contributed by atoms with E-state index in [1.165, 1.54) is 0 Å². The Morgan fingerprint density at radius 3 is 2.61 bits per heavy atom. The second-order valence-electron chi connectivity index (χ2n) is 6.14. The van der Waals surface area contributed by atoms with Gasteiger partial charge in [-0.05, 0) is 49.6 Å². The van der Waals surface area contributed by atoms with E-state index >= 15 is 0 Å². The molecule has 0 radical (unpaired) electrons. The number of fused-ring (bicyclic) bond motifs is 1. The van der Waals surface area contributed by atoms with Crippen LogP contribution in [0.15, 0.2) is 18.5 Å². The molecule has 0 aliphatic carbocycles.